The van der Waals surface area contributed by atoms with E-state index in [2.05, 4.69) is 52.3 Å². The number of carbonyl (C=O) groups excluding carboxylic acids is 1. The fourth-order valence-electron chi connectivity index (χ4n) is 4.26. The predicted octanol–water partition coefficient (Wildman–Crippen LogP) is 5.27. The molecule has 0 unspecified atom stereocenters. The third-order valence-electron chi connectivity index (χ3n) is 5.51. The molecular formula is C23H23BrN2O2. The Hall–Kier alpha value is -2.40. The summed E-state index contributed by atoms with van der Waals surface area (Å²) >= 11 is 3.52. The molecule has 2 aromatic rings. The van der Waals surface area contributed by atoms with Crippen molar-refractivity contribution in [3.63, 3.8) is 0 Å². The number of benzene rings is 2. The number of carbonyl (C=O) groups is 1. The Balaban J connectivity index is 1.83. The summed E-state index contributed by atoms with van der Waals surface area (Å²) in [5, 5.41) is 7.05. The maximum atomic E-state index is 11.7. The van der Waals surface area contributed by atoms with E-state index in [9.17, 15) is 4.79 Å². The molecule has 2 aliphatic rings. The van der Waals surface area contributed by atoms with E-state index < -0.39 is 0 Å². The van der Waals surface area contributed by atoms with Crippen LogP contribution in [-0.4, -0.2) is 23.6 Å². The fraction of sp³-hybridized carbons (Fsp3) is 0.304. The molecular weight excluding hydrogens is 416 g/mol. The first-order valence-corrected chi connectivity index (χ1v) is 10.3. The standard InChI is InChI=1S/C23H23BrN2O2/c1-14(12-15(2)27)26-23(17-4-8-18(24)9-5-17)20-11-7-16-6-10-19(28-3)13-21(16)22(20)25-26/h4-6,8-10,12-13,20,23H,7,11H2,1-3H3/b14-12+/t20-,23-/m0/s1. The van der Waals surface area contributed by atoms with E-state index >= 15 is 0 Å². The minimum absolute atomic E-state index is 0.0317. The van der Waals surface area contributed by atoms with Gasteiger partial charge in [0.05, 0.1) is 18.9 Å². The maximum Gasteiger partial charge on any atom is 0.154 e. The summed E-state index contributed by atoms with van der Waals surface area (Å²) < 4.78 is 6.50. The number of halogens is 1. The lowest BCUT2D eigenvalue weighted by molar-refractivity contribution is -0.112. The van der Waals surface area contributed by atoms with Gasteiger partial charge in [-0.05, 0) is 62.1 Å². The van der Waals surface area contributed by atoms with Gasteiger partial charge in [0.1, 0.15) is 5.75 Å². The molecule has 0 saturated heterocycles. The summed E-state index contributed by atoms with van der Waals surface area (Å²) in [5.74, 6) is 1.15. The Kier molecular flexibility index (Phi) is 5.11. The van der Waals surface area contributed by atoms with E-state index in [-0.39, 0.29) is 17.7 Å². The van der Waals surface area contributed by atoms with Crippen molar-refractivity contribution in [2.24, 2.45) is 11.0 Å². The van der Waals surface area contributed by atoms with Crippen molar-refractivity contribution in [1.29, 1.82) is 0 Å². The Labute approximate surface area is 174 Å². The highest BCUT2D eigenvalue weighted by Gasteiger charge is 2.42. The molecule has 4 rings (SSSR count). The molecule has 0 aromatic heterocycles. The highest BCUT2D eigenvalue weighted by atomic mass is 79.9. The molecule has 5 heteroatoms. The van der Waals surface area contributed by atoms with Crippen molar-refractivity contribution < 1.29 is 9.53 Å². The summed E-state index contributed by atoms with van der Waals surface area (Å²) in [6.07, 6.45) is 3.71. The third-order valence-corrected chi connectivity index (χ3v) is 6.04. The Morgan fingerprint density at radius 3 is 2.64 bits per heavy atom. The molecule has 144 valence electrons. The number of aryl methyl sites for hydroxylation is 1. The van der Waals surface area contributed by atoms with E-state index in [1.165, 1.54) is 11.1 Å². The van der Waals surface area contributed by atoms with Gasteiger partial charge in [-0.15, -0.1) is 0 Å². The fourth-order valence-corrected chi connectivity index (χ4v) is 4.53. The van der Waals surface area contributed by atoms with E-state index in [1.807, 2.05) is 18.0 Å². The lowest BCUT2D eigenvalue weighted by Gasteiger charge is -2.31. The quantitative estimate of drug-likeness (QED) is 0.610. The largest absolute Gasteiger partial charge is 0.497 e. The monoisotopic (exact) mass is 438 g/mol. The second kappa shape index (κ2) is 7.55. The Morgan fingerprint density at radius 1 is 1.21 bits per heavy atom. The Bertz CT molecular complexity index is 979. The van der Waals surface area contributed by atoms with Crippen LogP contribution in [0.5, 0.6) is 5.75 Å². The number of hydrogen-bond donors (Lipinski definition) is 0. The van der Waals surface area contributed by atoms with E-state index in [0.717, 1.165) is 40.0 Å². The summed E-state index contributed by atoms with van der Waals surface area (Å²) in [5.41, 5.74) is 5.63. The summed E-state index contributed by atoms with van der Waals surface area (Å²) in [6.45, 7) is 3.54. The number of ketones is 1. The molecule has 0 amide bonds. The molecule has 0 saturated carbocycles. The van der Waals surface area contributed by atoms with Crippen LogP contribution in [0.2, 0.25) is 0 Å². The first kappa shape index (κ1) is 18.9. The average molecular weight is 439 g/mol. The van der Waals surface area contributed by atoms with Gasteiger partial charge in [-0.25, -0.2) is 0 Å². The van der Waals surface area contributed by atoms with Gasteiger partial charge in [-0.3, -0.25) is 9.80 Å². The van der Waals surface area contributed by atoms with E-state index in [4.69, 9.17) is 9.84 Å². The van der Waals surface area contributed by atoms with Crippen molar-refractivity contribution in [2.45, 2.75) is 32.7 Å². The maximum absolute atomic E-state index is 11.7. The first-order chi connectivity index (χ1) is 13.5. The average Bonchev–Trinajstić information content (AvgIpc) is 3.08. The lowest BCUT2D eigenvalue weighted by atomic mass is 9.77. The number of allylic oxidation sites excluding steroid dienone is 2. The van der Waals surface area contributed by atoms with Crippen molar-refractivity contribution in [2.75, 3.05) is 7.11 Å². The molecule has 4 nitrogen and oxygen atoms in total. The van der Waals surface area contributed by atoms with Crippen LogP contribution in [0, 0.1) is 5.92 Å². The van der Waals surface area contributed by atoms with Crippen LogP contribution >= 0.6 is 15.9 Å². The number of hydrazone groups is 1. The predicted molar refractivity (Wildman–Crippen MR) is 115 cm³/mol. The van der Waals surface area contributed by atoms with Gasteiger partial charge in [-0.2, -0.15) is 5.10 Å². The molecule has 0 N–H and O–H groups in total. The van der Waals surface area contributed by atoms with Crippen LogP contribution < -0.4 is 4.74 Å². The zero-order valence-electron chi connectivity index (χ0n) is 16.3. The zero-order valence-corrected chi connectivity index (χ0v) is 17.9. The molecule has 28 heavy (non-hydrogen) atoms. The number of fused-ring (bicyclic) bond motifs is 3. The lowest BCUT2D eigenvalue weighted by Crippen LogP contribution is -2.28. The molecule has 2 aromatic carbocycles. The Morgan fingerprint density at radius 2 is 1.96 bits per heavy atom. The van der Waals surface area contributed by atoms with Crippen molar-refractivity contribution >= 4 is 27.4 Å². The molecule has 2 atom stereocenters. The van der Waals surface area contributed by atoms with Gasteiger partial charge in [0.15, 0.2) is 5.78 Å². The van der Waals surface area contributed by atoms with Crippen molar-refractivity contribution in [1.82, 2.24) is 5.01 Å². The number of ether oxygens (including phenoxy) is 1. The minimum Gasteiger partial charge on any atom is -0.497 e. The molecule has 0 fully saturated rings. The highest BCUT2D eigenvalue weighted by Crippen LogP contribution is 2.45. The third kappa shape index (κ3) is 3.39. The topological polar surface area (TPSA) is 41.9 Å². The molecule has 0 bridgehead atoms. The summed E-state index contributed by atoms with van der Waals surface area (Å²) in [7, 11) is 1.69. The number of nitrogens with zero attached hydrogens (tertiary/aromatic N) is 2. The molecule has 0 radical (unpaired) electrons. The molecule has 1 aliphatic carbocycles. The zero-order chi connectivity index (χ0) is 19.8. The van der Waals surface area contributed by atoms with Gasteiger partial charge < -0.3 is 4.74 Å². The first-order valence-electron chi connectivity index (χ1n) is 9.47. The van der Waals surface area contributed by atoms with Crippen molar-refractivity contribution in [3.8, 4) is 5.75 Å². The van der Waals surface area contributed by atoms with Crippen LogP contribution in [-0.2, 0) is 11.2 Å². The van der Waals surface area contributed by atoms with Gasteiger partial charge in [0.25, 0.3) is 0 Å². The van der Waals surface area contributed by atoms with Gasteiger partial charge >= 0.3 is 0 Å². The molecule has 1 heterocycles. The smallest absolute Gasteiger partial charge is 0.154 e. The SMILES string of the molecule is COc1ccc2c(c1)C1=NN(/C(C)=C/C(C)=O)[C@@H](c3ccc(Br)cc3)[C@H]1CC2. The summed E-state index contributed by atoms with van der Waals surface area (Å²) in [4.78, 5) is 11.7. The van der Waals surface area contributed by atoms with Gasteiger partial charge in [0.2, 0.25) is 0 Å². The van der Waals surface area contributed by atoms with E-state index in [0.29, 0.717) is 0 Å². The van der Waals surface area contributed by atoms with Crippen LogP contribution in [0.25, 0.3) is 0 Å². The highest BCUT2D eigenvalue weighted by molar-refractivity contribution is 9.10. The van der Waals surface area contributed by atoms with Crippen LogP contribution in [0.3, 0.4) is 0 Å². The number of rotatable bonds is 4. The van der Waals surface area contributed by atoms with Crippen molar-refractivity contribution in [3.05, 3.63) is 75.4 Å². The van der Waals surface area contributed by atoms with E-state index in [1.54, 1.807) is 20.1 Å². The van der Waals surface area contributed by atoms with Crippen LogP contribution in [0.15, 0.2) is 63.8 Å². The second-order valence-corrected chi connectivity index (χ2v) is 8.31. The van der Waals surface area contributed by atoms with Crippen LogP contribution in [0.4, 0.5) is 0 Å². The number of methoxy groups -OCH3 is 1. The van der Waals surface area contributed by atoms with Crippen LogP contribution in [0.1, 0.15) is 43.0 Å². The van der Waals surface area contributed by atoms with Gasteiger partial charge in [-0.1, -0.05) is 34.1 Å². The normalized spacial score (nSPS) is 21.1. The molecule has 1 aliphatic heterocycles. The van der Waals surface area contributed by atoms with Gasteiger partial charge in [0, 0.05) is 27.7 Å². The summed E-state index contributed by atoms with van der Waals surface area (Å²) in [6, 6.07) is 14.7. The minimum atomic E-state index is 0.0317. The molecule has 0 spiro atoms. The second-order valence-electron chi connectivity index (χ2n) is 7.39. The number of hydrogen-bond acceptors (Lipinski definition) is 4.